The molecule has 0 unspecified atom stereocenters. The van der Waals surface area contributed by atoms with Gasteiger partial charge in [-0.1, -0.05) is 18.2 Å². The van der Waals surface area contributed by atoms with Gasteiger partial charge in [0.1, 0.15) is 18.7 Å². The van der Waals surface area contributed by atoms with Crippen molar-refractivity contribution in [2.24, 2.45) is 0 Å². The molecule has 0 spiro atoms. The van der Waals surface area contributed by atoms with Gasteiger partial charge in [0.25, 0.3) is 0 Å². The van der Waals surface area contributed by atoms with Crippen molar-refractivity contribution in [3.05, 3.63) is 66.1 Å². The van der Waals surface area contributed by atoms with Gasteiger partial charge in [-0.2, -0.15) is 0 Å². The van der Waals surface area contributed by atoms with E-state index in [1.54, 1.807) is 20.5 Å². The zero-order valence-corrected chi connectivity index (χ0v) is 18.6. The van der Waals surface area contributed by atoms with Gasteiger partial charge in [0, 0.05) is 37.3 Å². The third kappa shape index (κ3) is 5.55. The van der Waals surface area contributed by atoms with Crippen molar-refractivity contribution in [2.75, 3.05) is 53.7 Å². The van der Waals surface area contributed by atoms with Crippen LogP contribution in [0, 0.1) is 0 Å². The van der Waals surface area contributed by atoms with Gasteiger partial charge in [0.15, 0.2) is 11.5 Å². The second kappa shape index (κ2) is 10.9. The molecule has 0 atom stereocenters. The van der Waals surface area contributed by atoms with Crippen LogP contribution in [0.25, 0.3) is 11.3 Å². The summed E-state index contributed by atoms with van der Waals surface area (Å²) < 4.78 is 22.5. The van der Waals surface area contributed by atoms with E-state index in [9.17, 15) is 0 Å². The Morgan fingerprint density at radius 1 is 0.906 bits per heavy atom. The van der Waals surface area contributed by atoms with E-state index >= 15 is 0 Å². The molecule has 4 rings (SSSR count). The lowest BCUT2D eigenvalue weighted by Crippen LogP contribution is -2.38. The van der Waals surface area contributed by atoms with Gasteiger partial charge in [-0.15, -0.1) is 0 Å². The van der Waals surface area contributed by atoms with Crippen LogP contribution in [0.2, 0.25) is 0 Å². The minimum absolute atomic E-state index is 0.602. The van der Waals surface area contributed by atoms with Crippen LogP contribution in [0.1, 0.15) is 11.3 Å². The SMILES string of the molecule is COc1ccc(Cc2cc(-c3ccccc3OC)ncn2)cc1OCCN1CCOCC1. The lowest BCUT2D eigenvalue weighted by Gasteiger charge is -2.26. The molecule has 1 aliphatic heterocycles. The minimum Gasteiger partial charge on any atom is -0.496 e. The van der Waals surface area contributed by atoms with E-state index in [1.165, 1.54) is 0 Å². The maximum Gasteiger partial charge on any atom is 0.161 e. The molecule has 0 amide bonds. The quantitative estimate of drug-likeness (QED) is 0.510. The molecule has 1 fully saturated rings. The van der Waals surface area contributed by atoms with Crippen LogP contribution in [0.4, 0.5) is 0 Å². The number of aromatic nitrogens is 2. The molecule has 7 nitrogen and oxygen atoms in total. The highest BCUT2D eigenvalue weighted by Gasteiger charge is 2.13. The van der Waals surface area contributed by atoms with Crippen molar-refractivity contribution in [3.63, 3.8) is 0 Å². The Morgan fingerprint density at radius 2 is 1.72 bits per heavy atom. The van der Waals surface area contributed by atoms with Crippen molar-refractivity contribution in [3.8, 4) is 28.5 Å². The van der Waals surface area contributed by atoms with Gasteiger partial charge in [-0.3, -0.25) is 4.90 Å². The Bertz CT molecular complexity index is 1020. The first-order chi connectivity index (χ1) is 15.8. The summed E-state index contributed by atoms with van der Waals surface area (Å²) in [5.74, 6) is 2.27. The summed E-state index contributed by atoms with van der Waals surface area (Å²) in [6.45, 7) is 4.94. The second-order valence-electron chi connectivity index (χ2n) is 7.56. The maximum atomic E-state index is 6.08. The lowest BCUT2D eigenvalue weighted by molar-refractivity contribution is 0.0321. The monoisotopic (exact) mass is 435 g/mol. The highest BCUT2D eigenvalue weighted by Crippen LogP contribution is 2.30. The second-order valence-corrected chi connectivity index (χ2v) is 7.56. The largest absolute Gasteiger partial charge is 0.496 e. The van der Waals surface area contributed by atoms with Crippen molar-refractivity contribution in [2.45, 2.75) is 6.42 Å². The van der Waals surface area contributed by atoms with Crippen molar-refractivity contribution in [1.82, 2.24) is 14.9 Å². The van der Waals surface area contributed by atoms with E-state index in [4.69, 9.17) is 18.9 Å². The van der Waals surface area contributed by atoms with Crippen LogP contribution < -0.4 is 14.2 Å². The molecule has 0 saturated carbocycles. The molecule has 2 aromatic carbocycles. The third-order valence-corrected chi connectivity index (χ3v) is 5.49. The number of para-hydroxylation sites is 1. The van der Waals surface area contributed by atoms with E-state index in [1.807, 2.05) is 48.5 Å². The number of hydrogen-bond donors (Lipinski definition) is 0. The Kier molecular flexibility index (Phi) is 7.53. The molecule has 32 heavy (non-hydrogen) atoms. The number of nitrogens with zero attached hydrogens (tertiary/aromatic N) is 3. The normalized spacial score (nSPS) is 14.2. The highest BCUT2D eigenvalue weighted by atomic mass is 16.5. The van der Waals surface area contributed by atoms with Gasteiger partial charge in [0.2, 0.25) is 0 Å². The van der Waals surface area contributed by atoms with E-state index < -0.39 is 0 Å². The molecule has 0 radical (unpaired) electrons. The Balaban J connectivity index is 1.46. The molecule has 0 N–H and O–H groups in total. The number of rotatable bonds is 9. The number of benzene rings is 2. The molecule has 2 heterocycles. The van der Waals surface area contributed by atoms with Gasteiger partial charge in [-0.05, 0) is 35.9 Å². The Morgan fingerprint density at radius 3 is 2.53 bits per heavy atom. The number of hydrogen-bond acceptors (Lipinski definition) is 7. The van der Waals surface area contributed by atoms with Gasteiger partial charge in [0.05, 0.1) is 33.1 Å². The average molecular weight is 436 g/mol. The summed E-state index contributed by atoms with van der Waals surface area (Å²) in [5, 5.41) is 0. The van der Waals surface area contributed by atoms with Crippen LogP contribution in [0.3, 0.4) is 0 Å². The molecule has 7 heteroatoms. The molecule has 1 saturated heterocycles. The van der Waals surface area contributed by atoms with Crippen molar-refractivity contribution in [1.29, 1.82) is 0 Å². The van der Waals surface area contributed by atoms with Crippen molar-refractivity contribution >= 4 is 0 Å². The molecular formula is C25H29N3O4. The fraction of sp³-hybridized carbons (Fsp3) is 0.360. The zero-order chi connectivity index (χ0) is 22.2. The standard InChI is InChI=1S/C25H29N3O4/c1-29-23-6-4-3-5-21(23)22-17-20(26-18-27-22)15-19-7-8-24(30-2)25(16-19)32-14-11-28-9-12-31-13-10-28/h3-8,16-18H,9-15H2,1-2H3. The van der Waals surface area contributed by atoms with Crippen LogP contribution in [0.15, 0.2) is 54.9 Å². The Hall–Kier alpha value is -3.16. The summed E-state index contributed by atoms with van der Waals surface area (Å²) in [6.07, 6.45) is 2.26. The first-order valence-electron chi connectivity index (χ1n) is 10.8. The predicted octanol–water partition coefficient (Wildman–Crippen LogP) is 3.46. The van der Waals surface area contributed by atoms with Gasteiger partial charge in [-0.25, -0.2) is 9.97 Å². The minimum atomic E-state index is 0.602. The van der Waals surface area contributed by atoms with Crippen LogP contribution in [-0.4, -0.2) is 68.5 Å². The summed E-state index contributed by atoms with van der Waals surface area (Å²) in [5.41, 5.74) is 3.80. The van der Waals surface area contributed by atoms with Crippen LogP contribution in [-0.2, 0) is 11.2 Å². The van der Waals surface area contributed by atoms with E-state index in [0.717, 1.165) is 72.6 Å². The summed E-state index contributed by atoms with van der Waals surface area (Å²) in [6, 6.07) is 15.9. The smallest absolute Gasteiger partial charge is 0.161 e. The average Bonchev–Trinajstić information content (AvgIpc) is 2.85. The summed E-state index contributed by atoms with van der Waals surface area (Å²) in [4.78, 5) is 11.3. The van der Waals surface area contributed by atoms with E-state index in [-0.39, 0.29) is 0 Å². The van der Waals surface area contributed by atoms with E-state index in [0.29, 0.717) is 13.0 Å². The van der Waals surface area contributed by atoms with Crippen LogP contribution >= 0.6 is 0 Å². The fourth-order valence-electron chi connectivity index (χ4n) is 3.76. The van der Waals surface area contributed by atoms with Gasteiger partial charge >= 0.3 is 0 Å². The Labute approximate surface area is 188 Å². The maximum absolute atomic E-state index is 6.08. The summed E-state index contributed by atoms with van der Waals surface area (Å²) in [7, 11) is 3.33. The molecule has 3 aromatic rings. The van der Waals surface area contributed by atoms with E-state index in [2.05, 4.69) is 14.9 Å². The molecule has 1 aliphatic rings. The number of methoxy groups -OCH3 is 2. The number of morpholine rings is 1. The molecule has 0 bridgehead atoms. The van der Waals surface area contributed by atoms with Crippen molar-refractivity contribution < 1.29 is 18.9 Å². The first-order valence-corrected chi connectivity index (χ1v) is 10.8. The summed E-state index contributed by atoms with van der Waals surface area (Å²) >= 11 is 0. The predicted molar refractivity (Wildman–Crippen MR) is 123 cm³/mol. The zero-order valence-electron chi connectivity index (χ0n) is 18.6. The fourth-order valence-corrected chi connectivity index (χ4v) is 3.76. The van der Waals surface area contributed by atoms with Gasteiger partial charge < -0.3 is 18.9 Å². The molecular weight excluding hydrogens is 406 g/mol. The van der Waals surface area contributed by atoms with Crippen LogP contribution in [0.5, 0.6) is 17.2 Å². The molecule has 0 aliphatic carbocycles. The number of ether oxygens (including phenoxy) is 4. The molecule has 1 aromatic heterocycles. The highest BCUT2D eigenvalue weighted by molar-refractivity contribution is 5.67. The topological polar surface area (TPSA) is 65.9 Å². The third-order valence-electron chi connectivity index (χ3n) is 5.49. The first kappa shape index (κ1) is 22.0. The molecule has 168 valence electrons. The lowest BCUT2D eigenvalue weighted by atomic mass is 10.1.